The Hall–Kier alpha value is -0.520. The Morgan fingerprint density at radius 1 is 0.767 bits per heavy atom. The van der Waals surface area contributed by atoms with Crippen molar-refractivity contribution >= 4 is 33.4 Å². The van der Waals surface area contributed by atoms with E-state index in [0.29, 0.717) is 23.6 Å². The second-order valence-electron chi connectivity index (χ2n) is 8.82. The molecule has 2 heterocycles. The van der Waals surface area contributed by atoms with E-state index in [-0.39, 0.29) is 11.8 Å². The van der Waals surface area contributed by atoms with Crippen molar-refractivity contribution in [3.63, 3.8) is 0 Å². The Morgan fingerprint density at radius 2 is 1.07 bits per heavy atom. The molecule has 2 aliphatic rings. The average molecular weight is 461 g/mol. The largest absolute Gasteiger partial charge is 0.341 e. The summed E-state index contributed by atoms with van der Waals surface area (Å²) in [5.74, 6) is 1.13. The summed E-state index contributed by atoms with van der Waals surface area (Å²) in [5, 5.41) is 0. The van der Waals surface area contributed by atoms with E-state index < -0.39 is 12.1 Å². The first-order valence-corrected chi connectivity index (χ1v) is 13.4. The van der Waals surface area contributed by atoms with Gasteiger partial charge in [0.2, 0.25) is 11.8 Å². The lowest BCUT2D eigenvalue weighted by Crippen LogP contribution is -2.51. The standard InChI is InChI=1S/C20H40N6O2S2/c1-23(2)15-5-9-25(10-6-15)19(27)17(21)13-29-30-14-18(22)20(28)26-11-7-16(8-12-26)24(3)4/h15-18H,5-14,21-22H2,1-4H3/t17-,18-/m0/s1. The molecule has 0 unspecified atom stereocenters. The number of hydrogen-bond donors (Lipinski definition) is 2. The number of carbonyl (C=O) groups excluding carboxylic acids is 2. The maximum absolute atomic E-state index is 12.6. The maximum atomic E-state index is 12.6. The summed E-state index contributed by atoms with van der Waals surface area (Å²) in [4.78, 5) is 33.4. The van der Waals surface area contributed by atoms with Crippen molar-refractivity contribution in [1.29, 1.82) is 0 Å². The highest BCUT2D eigenvalue weighted by Gasteiger charge is 2.28. The number of likely N-dealkylation sites (tertiary alicyclic amines) is 2. The Kier molecular flexibility index (Phi) is 10.7. The van der Waals surface area contributed by atoms with Crippen LogP contribution in [0.3, 0.4) is 0 Å². The third-order valence-corrected chi connectivity index (χ3v) is 8.70. The van der Waals surface area contributed by atoms with Crippen molar-refractivity contribution in [1.82, 2.24) is 19.6 Å². The van der Waals surface area contributed by atoms with Crippen molar-refractivity contribution in [3.8, 4) is 0 Å². The predicted molar refractivity (Wildman–Crippen MR) is 127 cm³/mol. The Balaban J connectivity index is 1.62. The van der Waals surface area contributed by atoms with Gasteiger partial charge in [0.25, 0.3) is 0 Å². The molecule has 0 aliphatic carbocycles. The van der Waals surface area contributed by atoms with E-state index in [4.69, 9.17) is 11.5 Å². The molecule has 30 heavy (non-hydrogen) atoms. The van der Waals surface area contributed by atoms with Gasteiger partial charge < -0.3 is 31.1 Å². The van der Waals surface area contributed by atoms with Gasteiger partial charge in [-0.25, -0.2) is 0 Å². The predicted octanol–water partition coefficient (Wildman–Crippen LogP) is 0.128. The minimum atomic E-state index is -0.504. The van der Waals surface area contributed by atoms with Crippen LogP contribution in [-0.2, 0) is 9.59 Å². The number of hydrogen-bond acceptors (Lipinski definition) is 8. The molecule has 0 radical (unpaired) electrons. The van der Waals surface area contributed by atoms with Gasteiger partial charge in [-0.3, -0.25) is 9.59 Å². The molecule has 4 N–H and O–H groups in total. The first kappa shape index (κ1) is 25.7. The van der Waals surface area contributed by atoms with Crippen LogP contribution < -0.4 is 11.5 Å². The average Bonchev–Trinajstić information content (AvgIpc) is 2.75. The van der Waals surface area contributed by atoms with Crippen LogP contribution in [0.1, 0.15) is 25.7 Å². The van der Waals surface area contributed by atoms with Gasteiger partial charge >= 0.3 is 0 Å². The fourth-order valence-electron chi connectivity index (χ4n) is 4.06. The van der Waals surface area contributed by atoms with Crippen molar-refractivity contribution in [2.24, 2.45) is 11.5 Å². The fraction of sp³-hybridized carbons (Fsp3) is 0.900. The van der Waals surface area contributed by atoms with Gasteiger partial charge in [-0.1, -0.05) is 21.6 Å². The molecule has 2 saturated heterocycles. The molecule has 174 valence electrons. The molecular formula is C20H40N6O2S2. The van der Waals surface area contributed by atoms with Crippen LogP contribution in [0.25, 0.3) is 0 Å². The maximum Gasteiger partial charge on any atom is 0.240 e. The van der Waals surface area contributed by atoms with Gasteiger partial charge in [0.05, 0.1) is 12.1 Å². The molecule has 2 rings (SSSR count). The van der Waals surface area contributed by atoms with Crippen LogP contribution in [-0.4, -0.2) is 121 Å². The second kappa shape index (κ2) is 12.5. The summed E-state index contributed by atoms with van der Waals surface area (Å²) in [6.45, 7) is 3.10. The molecule has 2 amide bonds. The highest BCUT2D eigenvalue weighted by Crippen LogP contribution is 2.24. The highest BCUT2D eigenvalue weighted by molar-refractivity contribution is 8.76. The van der Waals surface area contributed by atoms with Crippen molar-refractivity contribution in [2.75, 3.05) is 65.9 Å². The van der Waals surface area contributed by atoms with Gasteiger partial charge in [-0.05, 0) is 53.9 Å². The van der Waals surface area contributed by atoms with E-state index in [1.54, 1.807) is 0 Å². The van der Waals surface area contributed by atoms with Crippen LogP contribution >= 0.6 is 21.6 Å². The fourth-order valence-corrected chi connectivity index (χ4v) is 6.29. The summed E-state index contributed by atoms with van der Waals surface area (Å²) < 4.78 is 0. The first-order chi connectivity index (χ1) is 14.2. The first-order valence-electron chi connectivity index (χ1n) is 10.9. The highest BCUT2D eigenvalue weighted by atomic mass is 33.1. The van der Waals surface area contributed by atoms with Crippen LogP contribution in [0.5, 0.6) is 0 Å². The van der Waals surface area contributed by atoms with Crippen molar-refractivity contribution in [3.05, 3.63) is 0 Å². The monoisotopic (exact) mass is 460 g/mol. The molecule has 0 aromatic rings. The summed E-state index contributed by atoms with van der Waals surface area (Å²) in [7, 11) is 11.4. The van der Waals surface area contributed by atoms with Crippen molar-refractivity contribution < 1.29 is 9.59 Å². The zero-order valence-corrected chi connectivity index (χ0v) is 20.6. The number of piperidine rings is 2. The third-order valence-electron chi connectivity index (χ3n) is 6.23. The Labute approximate surface area is 189 Å². The van der Waals surface area contributed by atoms with Gasteiger partial charge in [-0.2, -0.15) is 0 Å². The van der Waals surface area contributed by atoms with Gasteiger partial charge in [0.1, 0.15) is 0 Å². The van der Waals surface area contributed by atoms with Crippen LogP contribution in [0.15, 0.2) is 0 Å². The molecule has 0 aromatic heterocycles. The van der Waals surface area contributed by atoms with Crippen LogP contribution in [0.4, 0.5) is 0 Å². The van der Waals surface area contributed by atoms with Crippen LogP contribution in [0.2, 0.25) is 0 Å². The van der Waals surface area contributed by atoms with Gasteiger partial charge in [-0.15, -0.1) is 0 Å². The lowest BCUT2D eigenvalue weighted by atomic mass is 10.0. The zero-order chi connectivity index (χ0) is 22.3. The van der Waals surface area contributed by atoms with Gasteiger partial charge in [0, 0.05) is 49.8 Å². The number of nitrogens with zero attached hydrogens (tertiary/aromatic N) is 4. The smallest absolute Gasteiger partial charge is 0.240 e. The van der Waals surface area contributed by atoms with E-state index >= 15 is 0 Å². The topological polar surface area (TPSA) is 99.1 Å². The summed E-state index contributed by atoms with van der Waals surface area (Å²) >= 11 is 0. The number of rotatable bonds is 9. The molecule has 10 heteroatoms. The van der Waals surface area contributed by atoms with E-state index in [9.17, 15) is 9.59 Å². The number of nitrogens with two attached hydrogens (primary N) is 2. The van der Waals surface area contributed by atoms with Gasteiger partial charge in [0.15, 0.2) is 0 Å². The van der Waals surface area contributed by atoms with E-state index in [1.807, 2.05) is 9.80 Å². The summed E-state index contributed by atoms with van der Waals surface area (Å²) in [6.07, 6.45) is 3.98. The Bertz CT molecular complexity index is 501. The minimum Gasteiger partial charge on any atom is -0.341 e. The summed E-state index contributed by atoms with van der Waals surface area (Å²) in [5.41, 5.74) is 12.3. The SMILES string of the molecule is CN(C)C1CCN(C(=O)[C@@H](N)CSSC[C@H](N)C(=O)N2CCC(N(C)C)CC2)CC1. The third kappa shape index (κ3) is 7.56. The normalized spacial score (nSPS) is 21.3. The molecule has 2 atom stereocenters. The lowest BCUT2D eigenvalue weighted by Gasteiger charge is -2.36. The molecule has 8 nitrogen and oxygen atoms in total. The molecule has 2 fully saturated rings. The zero-order valence-electron chi connectivity index (χ0n) is 19.0. The van der Waals surface area contributed by atoms with E-state index in [2.05, 4.69) is 38.0 Å². The molecule has 0 aromatic carbocycles. The van der Waals surface area contributed by atoms with Crippen molar-refractivity contribution in [2.45, 2.75) is 49.9 Å². The quantitative estimate of drug-likeness (QED) is 0.370. The lowest BCUT2D eigenvalue weighted by molar-refractivity contribution is -0.134. The summed E-state index contributed by atoms with van der Waals surface area (Å²) in [6, 6.07) is 0.0802. The minimum absolute atomic E-state index is 0.0319. The molecule has 0 saturated carbocycles. The number of carbonyl (C=O) groups is 2. The molecular weight excluding hydrogens is 420 g/mol. The van der Waals surface area contributed by atoms with Crippen LogP contribution in [0, 0.1) is 0 Å². The Morgan fingerprint density at radius 3 is 1.33 bits per heavy atom. The van der Waals surface area contributed by atoms with E-state index in [1.165, 1.54) is 21.6 Å². The second-order valence-corrected chi connectivity index (χ2v) is 11.4. The molecule has 0 spiro atoms. The molecule has 2 aliphatic heterocycles. The number of amides is 2. The molecule has 0 bridgehead atoms. The van der Waals surface area contributed by atoms with E-state index in [0.717, 1.165) is 51.9 Å².